The van der Waals surface area contributed by atoms with Crippen molar-refractivity contribution in [3.05, 3.63) is 60.2 Å². The Morgan fingerprint density at radius 3 is 2.33 bits per heavy atom. The van der Waals surface area contributed by atoms with E-state index in [1.165, 1.54) is 24.3 Å². The van der Waals surface area contributed by atoms with Crippen LogP contribution >= 0.6 is 0 Å². The lowest BCUT2D eigenvalue weighted by Crippen LogP contribution is -2.36. The summed E-state index contributed by atoms with van der Waals surface area (Å²) in [4.78, 5) is 3.98. The molecule has 0 aromatic heterocycles. The number of aromatic hydroxyl groups is 1. The number of nitrogens with two attached hydrogens (primary N) is 1. The van der Waals surface area contributed by atoms with Crippen LogP contribution in [0.25, 0.3) is 0 Å². The molecule has 0 fully saturated rings. The van der Waals surface area contributed by atoms with Crippen molar-refractivity contribution in [1.82, 2.24) is 4.72 Å². The minimum Gasteiger partial charge on any atom is -0.508 e. The molecule has 4 N–H and O–H groups in total. The average molecular weight is 305 g/mol. The number of phenols is 1. The number of hydrogen-bond acceptors (Lipinski definition) is 4. The second kappa shape index (κ2) is 6.27. The fraction of sp³-hybridized carbons (Fsp3) is 0.0714. The van der Waals surface area contributed by atoms with Gasteiger partial charge in [-0.15, -0.1) is 0 Å². The highest BCUT2D eigenvalue weighted by molar-refractivity contribution is 7.90. The Hall–Kier alpha value is -2.54. The molecule has 0 atom stereocenters. The van der Waals surface area contributed by atoms with Crippen molar-refractivity contribution in [2.75, 3.05) is 0 Å². The summed E-state index contributed by atoms with van der Waals surface area (Å²) < 4.78 is 26.2. The molecule has 2 aromatic carbocycles. The lowest BCUT2D eigenvalue weighted by molar-refractivity contribution is 0.475. The average Bonchev–Trinajstić information content (AvgIpc) is 2.46. The standard InChI is InChI=1S/C14H15N3O3S/c15-14(16-10-11-4-2-1-3-5-11)17-21(19,20)13-8-6-12(18)7-9-13/h1-9,18H,10H2,(H3,15,16,17). The maximum atomic E-state index is 12.0. The maximum Gasteiger partial charge on any atom is 0.264 e. The van der Waals surface area contributed by atoms with Crippen molar-refractivity contribution in [3.63, 3.8) is 0 Å². The molecule has 110 valence electrons. The largest absolute Gasteiger partial charge is 0.508 e. The van der Waals surface area contributed by atoms with Gasteiger partial charge in [0.15, 0.2) is 0 Å². The summed E-state index contributed by atoms with van der Waals surface area (Å²) in [5, 5.41) is 9.15. The van der Waals surface area contributed by atoms with Crippen LogP contribution in [0.15, 0.2) is 64.5 Å². The smallest absolute Gasteiger partial charge is 0.264 e. The van der Waals surface area contributed by atoms with E-state index < -0.39 is 10.0 Å². The molecule has 2 rings (SSSR count). The Balaban J connectivity index is 2.07. The van der Waals surface area contributed by atoms with Gasteiger partial charge in [0.25, 0.3) is 10.0 Å². The predicted octanol–water partition coefficient (Wildman–Crippen LogP) is 1.19. The van der Waals surface area contributed by atoms with E-state index in [4.69, 9.17) is 10.8 Å². The normalized spacial score (nSPS) is 12.1. The zero-order valence-electron chi connectivity index (χ0n) is 11.1. The summed E-state index contributed by atoms with van der Waals surface area (Å²) in [6, 6.07) is 14.5. The topological polar surface area (TPSA) is 105 Å². The van der Waals surface area contributed by atoms with Crippen LogP contribution in [0.1, 0.15) is 5.56 Å². The van der Waals surface area contributed by atoms with Gasteiger partial charge in [0, 0.05) is 0 Å². The fourth-order valence-corrected chi connectivity index (χ4v) is 2.57. The maximum absolute atomic E-state index is 12.0. The minimum absolute atomic E-state index is 0.00170. The van der Waals surface area contributed by atoms with Crippen molar-refractivity contribution in [3.8, 4) is 5.75 Å². The van der Waals surface area contributed by atoms with Crippen LogP contribution in [0.3, 0.4) is 0 Å². The third-order valence-electron chi connectivity index (χ3n) is 2.66. The predicted molar refractivity (Wildman–Crippen MR) is 80.2 cm³/mol. The SMILES string of the molecule is NC(=NCc1ccccc1)NS(=O)(=O)c1ccc(O)cc1. The van der Waals surface area contributed by atoms with Crippen molar-refractivity contribution >= 4 is 16.0 Å². The third kappa shape index (κ3) is 4.22. The number of nitrogens with one attached hydrogen (secondary N) is 1. The van der Waals surface area contributed by atoms with Gasteiger partial charge < -0.3 is 10.8 Å². The van der Waals surface area contributed by atoms with Gasteiger partial charge in [0.2, 0.25) is 5.96 Å². The molecule has 0 heterocycles. The second-order valence-electron chi connectivity index (χ2n) is 4.29. The first-order valence-electron chi connectivity index (χ1n) is 6.13. The fourth-order valence-electron chi connectivity index (χ4n) is 1.61. The zero-order chi connectivity index (χ0) is 15.3. The molecule has 7 heteroatoms. The van der Waals surface area contributed by atoms with Crippen LogP contribution in [-0.2, 0) is 16.6 Å². The first-order chi connectivity index (χ1) is 9.97. The molecule has 0 amide bonds. The number of guanidine groups is 1. The van der Waals surface area contributed by atoms with E-state index in [1.807, 2.05) is 30.3 Å². The summed E-state index contributed by atoms with van der Waals surface area (Å²) in [6.45, 7) is 0.283. The highest BCUT2D eigenvalue weighted by Crippen LogP contribution is 2.13. The molecule has 2 aromatic rings. The van der Waals surface area contributed by atoms with Crippen LogP contribution in [0.4, 0.5) is 0 Å². The van der Waals surface area contributed by atoms with Gasteiger partial charge in [-0.2, -0.15) is 0 Å². The monoisotopic (exact) mass is 305 g/mol. The Bertz CT molecular complexity index is 726. The Morgan fingerprint density at radius 2 is 1.71 bits per heavy atom. The molecule has 0 aliphatic rings. The van der Waals surface area contributed by atoms with Crippen molar-refractivity contribution < 1.29 is 13.5 Å². The van der Waals surface area contributed by atoms with E-state index in [1.54, 1.807) is 0 Å². The van der Waals surface area contributed by atoms with E-state index in [0.29, 0.717) is 0 Å². The molecule has 6 nitrogen and oxygen atoms in total. The Kier molecular flexibility index (Phi) is 4.44. The van der Waals surface area contributed by atoms with Crippen molar-refractivity contribution in [2.24, 2.45) is 10.7 Å². The summed E-state index contributed by atoms with van der Waals surface area (Å²) in [5.41, 5.74) is 6.51. The van der Waals surface area contributed by atoms with Crippen molar-refractivity contribution in [2.45, 2.75) is 11.4 Å². The van der Waals surface area contributed by atoms with Crippen LogP contribution in [0, 0.1) is 0 Å². The number of hydrogen-bond donors (Lipinski definition) is 3. The van der Waals surface area contributed by atoms with Crippen LogP contribution < -0.4 is 10.5 Å². The van der Waals surface area contributed by atoms with Crippen LogP contribution in [0.5, 0.6) is 5.75 Å². The van der Waals surface area contributed by atoms with Gasteiger partial charge in [0.05, 0.1) is 11.4 Å². The third-order valence-corrected chi connectivity index (χ3v) is 4.03. The molecule has 21 heavy (non-hydrogen) atoms. The summed E-state index contributed by atoms with van der Waals surface area (Å²) in [5.74, 6) is -0.202. The molecule has 0 bridgehead atoms. The molecule has 0 aliphatic carbocycles. The highest BCUT2D eigenvalue weighted by atomic mass is 32.2. The lowest BCUT2D eigenvalue weighted by Gasteiger charge is -2.07. The quantitative estimate of drug-likeness (QED) is 0.583. The second-order valence-corrected chi connectivity index (χ2v) is 5.97. The van der Waals surface area contributed by atoms with Gasteiger partial charge in [-0.1, -0.05) is 30.3 Å². The zero-order valence-corrected chi connectivity index (χ0v) is 11.9. The summed E-state index contributed by atoms with van der Waals surface area (Å²) >= 11 is 0. The molecule has 0 radical (unpaired) electrons. The minimum atomic E-state index is -3.80. The van der Waals surface area contributed by atoms with Gasteiger partial charge in [0.1, 0.15) is 5.75 Å². The number of benzene rings is 2. The molecule has 0 saturated heterocycles. The molecular formula is C14H15N3O3S. The molecule has 0 saturated carbocycles. The van der Waals surface area contributed by atoms with E-state index in [2.05, 4.69) is 9.71 Å². The van der Waals surface area contributed by atoms with E-state index in [0.717, 1.165) is 5.56 Å². The number of rotatable bonds is 4. The van der Waals surface area contributed by atoms with E-state index >= 15 is 0 Å². The summed E-state index contributed by atoms with van der Waals surface area (Å²) in [7, 11) is -3.80. The summed E-state index contributed by atoms with van der Waals surface area (Å²) in [6.07, 6.45) is 0. The van der Waals surface area contributed by atoms with Crippen LogP contribution in [0.2, 0.25) is 0 Å². The highest BCUT2D eigenvalue weighted by Gasteiger charge is 2.14. The van der Waals surface area contributed by atoms with Crippen LogP contribution in [-0.4, -0.2) is 19.5 Å². The Morgan fingerprint density at radius 1 is 1.10 bits per heavy atom. The molecule has 0 unspecified atom stereocenters. The number of sulfonamides is 1. The van der Waals surface area contributed by atoms with Crippen molar-refractivity contribution in [1.29, 1.82) is 0 Å². The number of nitrogens with zero attached hydrogens (tertiary/aromatic N) is 1. The Labute approximate surface area is 123 Å². The van der Waals surface area contributed by atoms with Gasteiger partial charge in [-0.05, 0) is 29.8 Å². The van der Waals surface area contributed by atoms with Gasteiger partial charge >= 0.3 is 0 Å². The number of phenolic OH excluding ortho intramolecular Hbond substituents is 1. The molecular weight excluding hydrogens is 290 g/mol. The molecule has 0 spiro atoms. The van der Waals surface area contributed by atoms with E-state index in [9.17, 15) is 8.42 Å². The lowest BCUT2D eigenvalue weighted by atomic mass is 10.2. The first-order valence-corrected chi connectivity index (χ1v) is 7.61. The molecule has 0 aliphatic heterocycles. The van der Waals surface area contributed by atoms with E-state index in [-0.39, 0.29) is 23.1 Å². The number of aliphatic imine (C=N–C) groups is 1. The van der Waals surface area contributed by atoms with Gasteiger partial charge in [-0.3, -0.25) is 0 Å². The first kappa shape index (κ1) is 14.9. The van der Waals surface area contributed by atoms with Gasteiger partial charge in [-0.25, -0.2) is 18.1 Å².